The van der Waals surface area contributed by atoms with Crippen molar-refractivity contribution in [2.45, 2.75) is 57.4 Å². The molecule has 2 aromatic rings. The van der Waals surface area contributed by atoms with Gasteiger partial charge < -0.3 is 5.73 Å². The Morgan fingerprint density at radius 3 is 3.00 bits per heavy atom. The Balaban J connectivity index is 1.93. The van der Waals surface area contributed by atoms with E-state index in [0.29, 0.717) is 0 Å². The van der Waals surface area contributed by atoms with Gasteiger partial charge in [-0.05, 0) is 42.2 Å². The lowest BCUT2D eigenvalue weighted by molar-refractivity contribution is 0.369. The fourth-order valence-corrected chi connectivity index (χ4v) is 3.96. The number of nitrogens with zero attached hydrogens (tertiary/aromatic N) is 1. The van der Waals surface area contributed by atoms with Crippen LogP contribution in [0.2, 0.25) is 0 Å². The van der Waals surface area contributed by atoms with Crippen LogP contribution >= 0.6 is 0 Å². The van der Waals surface area contributed by atoms with E-state index in [1.54, 1.807) is 0 Å². The number of fused-ring (bicyclic) bond motifs is 1. The molecule has 1 heterocycles. The Labute approximate surface area is 127 Å². The predicted octanol–water partition coefficient (Wildman–Crippen LogP) is 4.77. The van der Waals surface area contributed by atoms with Crippen molar-refractivity contribution in [1.82, 2.24) is 4.98 Å². The highest BCUT2D eigenvalue weighted by Gasteiger charge is 2.31. The van der Waals surface area contributed by atoms with Crippen molar-refractivity contribution in [1.29, 1.82) is 0 Å². The third-order valence-corrected chi connectivity index (χ3v) is 5.15. The van der Waals surface area contributed by atoms with Crippen LogP contribution in [0.1, 0.15) is 57.4 Å². The van der Waals surface area contributed by atoms with Gasteiger partial charge in [0, 0.05) is 23.3 Å². The van der Waals surface area contributed by atoms with Gasteiger partial charge in [0.15, 0.2) is 0 Å². The third-order valence-electron chi connectivity index (χ3n) is 5.15. The molecule has 0 saturated heterocycles. The van der Waals surface area contributed by atoms with E-state index in [0.717, 1.165) is 18.8 Å². The molecule has 2 atom stereocenters. The highest BCUT2D eigenvalue weighted by atomic mass is 14.7. The topological polar surface area (TPSA) is 38.9 Å². The molecule has 0 aliphatic heterocycles. The highest BCUT2D eigenvalue weighted by Crippen LogP contribution is 2.39. The molecule has 2 nitrogen and oxygen atoms in total. The summed E-state index contributed by atoms with van der Waals surface area (Å²) in [4.78, 5) is 4.24. The molecule has 1 aliphatic rings. The highest BCUT2D eigenvalue weighted by molar-refractivity contribution is 5.85. The molecule has 2 heteroatoms. The maximum absolute atomic E-state index is 6.88. The molecule has 0 radical (unpaired) electrons. The van der Waals surface area contributed by atoms with Crippen molar-refractivity contribution in [2.24, 2.45) is 11.7 Å². The number of hydrogen-bond donors (Lipinski definition) is 1. The van der Waals surface area contributed by atoms with Gasteiger partial charge in [-0.3, -0.25) is 4.98 Å². The maximum Gasteiger partial charge on any atom is 0.0415 e. The Morgan fingerprint density at radius 1 is 1.24 bits per heavy atom. The van der Waals surface area contributed by atoms with E-state index in [1.165, 1.54) is 48.4 Å². The lowest BCUT2D eigenvalue weighted by Crippen LogP contribution is -2.36. The molecule has 3 rings (SSSR count). The van der Waals surface area contributed by atoms with Gasteiger partial charge in [-0.1, -0.05) is 50.8 Å². The summed E-state index contributed by atoms with van der Waals surface area (Å²) in [6, 6.07) is 8.60. The average Bonchev–Trinajstić information content (AvgIpc) is 2.70. The zero-order valence-electron chi connectivity index (χ0n) is 13.0. The minimum Gasteiger partial charge on any atom is -0.321 e. The summed E-state index contributed by atoms with van der Waals surface area (Å²) in [5.41, 5.74) is 8.04. The Bertz CT molecular complexity index is 602. The fraction of sp³-hybridized carbons (Fsp3) is 0.526. The summed E-state index contributed by atoms with van der Waals surface area (Å²) in [5.74, 6) is 0.872. The van der Waals surface area contributed by atoms with Crippen molar-refractivity contribution in [2.75, 3.05) is 0 Å². The van der Waals surface area contributed by atoms with Crippen molar-refractivity contribution >= 4 is 10.8 Å². The number of pyridine rings is 1. The number of benzene rings is 1. The molecule has 1 fully saturated rings. The van der Waals surface area contributed by atoms with Gasteiger partial charge in [-0.25, -0.2) is 0 Å². The second kappa shape index (κ2) is 6.15. The van der Waals surface area contributed by atoms with Crippen LogP contribution in [0.25, 0.3) is 10.8 Å². The molecule has 2 N–H and O–H groups in total. The van der Waals surface area contributed by atoms with Crippen LogP contribution < -0.4 is 5.73 Å². The van der Waals surface area contributed by atoms with Crippen molar-refractivity contribution < 1.29 is 0 Å². The van der Waals surface area contributed by atoms with E-state index in [1.807, 2.05) is 12.4 Å². The zero-order valence-corrected chi connectivity index (χ0v) is 13.0. The Morgan fingerprint density at radius 2 is 2.14 bits per heavy atom. The molecule has 1 aromatic heterocycles. The van der Waals surface area contributed by atoms with Gasteiger partial charge in [0.25, 0.3) is 0 Å². The summed E-state index contributed by atoms with van der Waals surface area (Å²) in [5, 5.41) is 2.48. The molecule has 2 unspecified atom stereocenters. The molecule has 112 valence electrons. The van der Waals surface area contributed by atoms with Gasteiger partial charge >= 0.3 is 0 Å². The van der Waals surface area contributed by atoms with E-state index in [2.05, 4.69) is 36.2 Å². The maximum atomic E-state index is 6.88. The molecule has 1 saturated carbocycles. The lowest BCUT2D eigenvalue weighted by Gasteiger charge is -2.30. The first-order valence-corrected chi connectivity index (χ1v) is 8.35. The molecular formula is C19H26N2. The van der Waals surface area contributed by atoms with E-state index in [-0.39, 0.29) is 5.54 Å². The molecule has 21 heavy (non-hydrogen) atoms. The summed E-state index contributed by atoms with van der Waals surface area (Å²) < 4.78 is 0. The normalized spacial score (nSPS) is 26.7. The Hall–Kier alpha value is -1.41. The quantitative estimate of drug-likeness (QED) is 0.824. The molecular weight excluding hydrogens is 256 g/mol. The molecule has 0 bridgehead atoms. The van der Waals surface area contributed by atoms with Crippen LogP contribution in [-0.4, -0.2) is 4.98 Å². The van der Waals surface area contributed by atoms with Crippen LogP contribution in [0.3, 0.4) is 0 Å². The minimum absolute atomic E-state index is 0.163. The monoisotopic (exact) mass is 282 g/mol. The predicted molar refractivity (Wildman–Crippen MR) is 89.1 cm³/mol. The fourth-order valence-electron chi connectivity index (χ4n) is 3.96. The van der Waals surface area contributed by atoms with Crippen molar-refractivity contribution in [3.8, 4) is 0 Å². The van der Waals surface area contributed by atoms with E-state index >= 15 is 0 Å². The first-order chi connectivity index (χ1) is 10.2. The summed E-state index contributed by atoms with van der Waals surface area (Å²) in [6.45, 7) is 2.29. The largest absolute Gasteiger partial charge is 0.321 e. The second-order valence-electron chi connectivity index (χ2n) is 6.64. The van der Waals surface area contributed by atoms with Gasteiger partial charge in [-0.15, -0.1) is 0 Å². The van der Waals surface area contributed by atoms with E-state index < -0.39 is 0 Å². The van der Waals surface area contributed by atoms with Gasteiger partial charge in [-0.2, -0.15) is 0 Å². The molecule has 0 amide bonds. The summed E-state index contributed by atoms with van der Waals surface area (Å²) in [7, 11) is 0. The summed E-state index contributed by atoms with van der Waals surface area (Å²) in [6.07, 6.45) is 12.6. The first-order valence-electron chi connectivity index (χ1n) is 8.35. The van der Waals surface area contributed by atoms with E-state index in [4.69, 9.17) is 5.73 Å². The zero-order chi connectivity index (χ0) is 14.7. The smallest absolute Gasteiger partial charge is 0.0415 e. The number of nitrogens with two attached hydrogens (primary N) is 1. The Kier molecular flexibility index (Phi) is 4.25. The molecule has 1 aliphatic carbocycles. The van der Waals surface area contributed by atoms with Crippen LogP contribution in [0.5, 0.6) is 0 Å². The van der Waals surface area contributed by atoms with Crippen molar-refractivity contribution in [3.63, 3.8) is 0 Å². The standard InChI is InChI=1S/C19H26N2/c1-2-5-15-6-4-11-19(20,12-9-15)18-8-3-7-16-14-21-13-10-17(16)18/h3,7-8,10,13-15H,2,4-6,9,11-12,20H2,1H3. The van der Waals surface area contributed by atoms with Gasteiger partial charge in [0.2, 0.25) is 0 Å². The average molecular weight is 282 g/mol. The van der Waals surface area contributed by atoms with Crippen LogP contribution in [-0.2, 0) is 5.54 Å². The number of hydrogen-bond acceptors (Lipinski definition) is 2. The van der Waals surface area contributed by atoms with Crippen LogP contribution in [0, 0.1) is 5.92 Å². The van der Waals surface area contributed by atoms with Gasteiger partial charge in [0.1, 0.15) is 0 Å². The van der Waals surface area contributed by atoms with Crippen LogP contribution in [0.4, 0.5) is 0 Å². The SMILES string of the molecule is CCCC1CCCC(N)(c2cccc3cnccc23)CC1. The van der Waals surface area contributed by atoms with Crippen LogP contribution in [0.15, 0.2) is 36.7 Å². The van der Waals surface area contributed by atoms with Crippen molar-refractivity contribution in [3.05, 3.63) is 42.2 Å². The third kappa shape index (κ3) is 2.96. The van der Waals surface area contributed by atoms with Gasteiger partial charge in [0.05, 0.1) is 0 Å². The second-order valence-corrected chi connectivity index (χ2v) is 6.64. The van der Waals surface area contributed by atoms with E-state index in [9.17, 15) is 0 Å². The number of aromatic nitrogens is 1. The minimum atomic E-state index is -0.163. The molecule has 0 spiro atoms. The molecule has 1 aromatic carbocycles. The first kappa shape index (κ1) is 14.5. The number of rotatable bonds is 3. The summed E-state index contributed by atoms with van der Waals surface area (Å²) >= 11 is 0. The lowest BCUT2D eigenvalue weighted by atomic mass is 9.81.